The molecule has 3 fully saturated rings. The van der Waals surface area contributed by atoms with Crippen molar-refractivity contribution in [2.45, 2.75) is 50.5 Å². The van der Waals surface area contributed by atoms with E-state index >= 15 is 0 Å². The van der Waals surface area contributed by atoms with Crippen LogP contribution in [0.5, 0.6) is 0 Å². The number of hydrogen-bond donors (Lipinski definition) is 1. The first-order valence-corrected chi connectivity index (χ1v) is 5.21. The number of esters is 1. The zero-order chi connectivity index (χ0) is 10.8. The number of rotatable bonds is 0. The number of aliphatic hydroxyl groups is 1. The second-order valence-electron chi connectivity index (χ2n) is 4.88. The van der Waals surface area contributed by atoms with Gasteiger partial charge in [0.05, 0.1) is 12.5 Å². The number of ether oxygens (including phenoxy) is 3. The summed E-state index contributed by atoms with van der Waals surface area (Å²) in [4.78, 5) is 11.1. The maximum atomic E-state index is 11.1. The van der Waals surface area contributed by atoms with Crippen LogP contribution in [0.1, 0.15) is 20.3 Å². The number of fused-ring (bicyclic) bond motifs is 3. The van der Waals surface area contributed by atoms with Gasteiger partial charge in [0.15, 0.2) is 5.79 Å². The average molecular weight is 214 g/mol. The first kappa shape index (κ1) is 9.57. The van der Waals surface area contributed by atoms with E-state index in [1.165, 1.54) is 0 Å². The van der Waals surface area contributed by atoms with Gasteiger partial charge in [-0.1, -0.05) is 0 Å². The first-order chi connectivity index (χ1) is 6.98. The van der Waals surface area contributed by atoms with Crippen molar-refractivity contribution in [3.8, 4) is 0 Å². The van der Waals surface area contributed by atoms with E-state index < -0.39 is 18.0 Å². The highest BCUT2D eigenvalue weighted by atomic mass is 16.8. The van der Waals surface area contributed by atoms with Crippen molar-refractivity contribution in [1.29, 1.82) is 0 Å². The Labute approximate surface area is 87.3 Å². The molecule has 1 saturated carbocycles. The molecular formula is C10H14O5. The lowest BCUT2D eigenvalue weighted by Gasteiger charge is -2.22. The molecule has 0 spiro atoms. The summed E-state index contributed by atoms with van der Waals surface area (Å²) < 4.78 is 16.3. The number of hydrogen-bond acceptors (Lipinski definition) is 5. The van der Waals surface area contributed by atoms with Crippen LogP contribution < -0.4 is 0 Å². The molecule has 2 aliphatic heterocycles. The third kappa shape index (κ3) is 1.23. The van der Waals surface area contributed by atoms with E-state index in [-0.39, 0.29) is 24.1 Å². The predicted octanol–water partition coefficient (Wildman–Crippen LogP) is -0.187. The molecule has 15 heavy (non-hydrogen) atoms. The largest absolute Gasteiger partial charge is 0.459 e. The van der Waals surface area contributed by atoms with Crippen LogP contribution in [-0.2, 0) is 19.0 Å². The van der Waals surface area contributed by atoms with E-state index in [2.05, 4.69) is 0 Å². The third-order valence-corrected chi connectivity index (χ3v) is 3.35. The lowest BCUT2D eigenvalue weighted by Crippen LogP contribution is -2.35. The van der Waals surface area contributed by atoms with E-state index in [4.69, 9.17) is 14.2 Å². The van der Waals surface area contributed by atoms with Gasteiger partial charge in [0, 0.05) is 5.92 Å². The maximum absolute atomic E-state index is 11.1. The summed E-state index contributed by atoms with van der Waals surface area (Å²) in [5.41, 5.74) is 0. The molecule has 1 aliphatic carbocycles. The lowest BCUT2D eigenvalue weighted by atomic mass is 10.0. The van der Waals surface area contributed by atoms with Gasteiger partial charge in [0.1, 0.15) is 18.3 Å². The smallest absolute Gasteiger partial charge is 0.306 e. The van der Waals surface area contributed by atoms with Crippen molar-refractivity contribution < 1.29 is 24.1 Å². The molecular weight excluding hydrogens is 200 g/mol. The Morgan fingerprint density at radius 1 is 1.27 bits per heavy atom. The quantitative estimate of drug-likeness (QED) is 0.566. The number of carbonyl (C=O) groups is 1. The first-order valence-electron chi connectivity index (χ1n) is 5.21. The van der Waals surface area contributed by atoms with Gasteiger partial charge in [0.2, 0.25) is 0 Å². The van der Waals surface area contributed by atoms with Crippen molar-refractivity contribution in [3.05, 3.63) is 0 Å². The van der Waals surface area contributed by atoms with Crippen LogP contribution in [0, 0.1) is 5.92 Å². The van der Waals surface area contributed by atoms with Crippen molar-refractivity contribution in [1.82, 2.24) is 0 Å². The monoisotopic (exact) mass is 214 g/mol. The SMILES string of the molecule is CC1(C)O[C@@H]2[C@@H](O)[C@H]3OC(=O)C[C@H]3[C@@H]2O1. The number of aliphatic hydroxyl groups excluding tert-OH is 1. The molecule has 3 rings (SSSR count). The van der Waals surface area contributed by atoms with Gasteiger partial charge in [-0.15, -0.1) is 0 Å². The maximum Gasteiger partial charge on any atom is 0.306 e. The molecule has 0 aromatic rings. The minimum atomic E-state index is -0.756. The standard InChI is InChI=1S/C10H14O5/c1-10(2)14-8-4-3-5(11)13-7(4)6(12)9(8)15-10/h4,6-9,12H,3H2,1-2H3/t4-,6+,7+,8+,9-/m1/s1. The second-order valence-corrected chi connectivity index (χ2v) is 4.88. The van der Waals surface area contributed by atoms with Gasteiger partial charge >= 0.3 is 5.97 Å². The molecule has 2 heterocycles. The Kier molecular flexibility index (Phi) is 1.74. The molecule has 84 valence electrons. The Hall–Kier alpha value is -0.650. The fourth-order valence-electron chi connectivity index (χ4n) is 2.82. The normalized spacial score (nSPS) is 51.4. The molecule has 1 N–H and O–H groups in total. The molecule has 0 aromatic heterocycles. The van der Waals surface area contributed by atoms with E-state index in [0.717, 1.165) is 0 Å². The van der Waals surface area contributed by atoms with Gasteiger partial charge in [-0.05, 0) is 13.8 Å². The summed E-state index contributed by atoms with van der Waals surface area (Å²) in [6, 6.07) is 0. The van der Waals surface area contributed by atoms with E-state index in [1.807, 2.05) is 13.8 Å². The van der Waals surface area contributed by atoms with E-state index in [1.54, 1.807) is 0 Å². The molecule has 0 radical (unpaired) electrons. The van der Waals surface area contributed by atoms with Crippen LogP contribution in [0.3, 0.4) is 0 Å². The summed E-state index contributed by atoms with van der Waals surface area (Å²) in [5, 5.41) is 9.94. The van der Waals surface area contributed by atoms with Gasteiger partial charge in [-0.2, -0.15) is 0 Å². The summed E-state index contributed by atoms with van der Waals surface area (Å²) in [7, 11) is 0. The van der Waals surface area contributed by atoms with Gasteiger partial charge in [-0.25, -0.2) is 0 Å². The Bertz CT molecular complexity index is 313. The fraction of sp³-hybridized carbons (Fsp3) is 0.900. The molecule has 5 nitrogen and oxygen atoms in total. The zero-order valence-corrected chi connectivity index (χ0v) is 8.67. The lowest BCUT2D eigenvalue weighted by molar-refractivity contribution is -0.179. The average Bonchev–Trinajstić information content (AvgIpc) is 2.69. The van der Waals surface area contributed by atoms with E-state index in [9.17, 15) is 9.90 Å². The summed E-state index contributed by atoms with van der Waals surface area (Å²) >= 11 is 0. The highest BCUT2D eigenvalue weighted by Gasteiger charge is 2.62. The molecule has 5 atom stereocenters. The van der Waals surface area contributed by atoms with Crippen molar-refractivity contribution >= 4 is 5.97 Å². The molecule has 3 aliphatic rings. The van der Waals surface area contributed by atoms with Crippen LogP contribution in [0.4, 0.5) is 0 Å². The minimum Gasteiger partial charge on any atom is -0.459 e. The second kappa shape index (κ2) is 2.72. The topological polar surface area (TPSA) is 65.0 Å². The van der Waals surface area contributed by atoms with Crippen molar-refractivity contribution in [2.75, 3.05) is 0 Å². The van der Waals surface area contributed by atoms with Gasteiger partial charge < -0.3 is 19.3 Å². The summed E-state index contributed by atoms with van der Waals surface area (Å²) in [5.74, 6) is -0.984. The molecule has 0 aromatic carbocycles. The van der Waals surface area contributed by atoms with Gasteiger partial charge in [-0.3, -0.25) is 4.79 Å². The molecule has 5 heteroatoms. The van der Waals surface area contributed by atoms with Crippen LogP contribution >= 0.6 is 0 Å². The van der Waals surface area contributed by atoms with Crippen LogP contribution in [0.2, 0.25) is 0 Å². The molecule has 0 amide bonds. The zero-order valence-electron chi connectivity index (χ0n) is 8.67. The highest BCUT2D eigenvalue weighted by molar-refractivity contribution is 5.72. The fourth-order valence-corrected chi connectivity index (χ4v) is 2.82. The molecule has 2 saturated heterocycles. The highest BCUT2D eigenvalue weighted by Crippen LogP contribution is 2.46. The van der Waals surface area contributed by atoms with Gasteiger partial charge in [0.25, 0.3) is 0 Å². The van der Waals surface area contributed by atoms with Crippen LogP contribution in [0.25, 0.3) is 0 Å². The molecule has 0 unspecified atom stereocenters. The van der Waals surface area contributed by atoms with E-state index in [0.29, 0.717) is 6.42 Å². The minimum absolute atomic E-state index is 0.0562. The van der Waals surface area contributed by atoms with Crippen LogP contribution in [-0.4, -0.2) is 41.3 Å². The number of carbonyl (C=O) groups excluding carboxylic acids is 1. The molecule has 0 bridgehead atoms. The predicted molar refractivity (Wildman–Crippen MR) is 47.8 cm³/mol. The van der Waals surface area contributed by atoms with Crippen molar-refractivity contribution in [2.24, 2.45) is 5.92 Å². The summed E-state index contributed by atoms with van der Waals surface area (Å²) in [6.07, 6.45) is -1.45. The summed E-state index contributed by atoms with van der Waals surface area (Å²) in [6.45, 7) is 3.62. The van der Waals surface area contributed by atoms with Crippen LogP contribution in [0.15, 0.2) is 0 Å². The Morgan fingerprint density at radius 2 is 1.93 bits per heavy atom. The third-order valence-electron chi connectivity index (χ3n) is 3.35. The Balaban J connectivity index is 1.88. The Morgan fingerprint density at radius 3 is 2.67 bits per heavy atom. The van der Waals surface area contributed by atoms with Crippen molar-refractivity contribution in [3.63, 3.8) is 0 Å².